The zero-order valence-electron chi connectivity index (χ0n) is 9.34. The molecule has 0 saturated carbocycles. The van der Waals surface area contributed by atoms with Gasteiger partial charge in [0.15, 0.2) is 0 Å². The SMILES string of the molecule is Cc1cccc(CN(C)c2cc(N)ns2)n1. The van der Waals surface area contributed by atoms with Gasteiger partial charge in [0.1, 0.15) is 10.8 Å². The Balaban J connectivity index is 2.10. The van der Waals surface area contributed by atoms with Crippen LogP contribution < -0.4 is 10.6 Å². The van der Waals surface area contributed by atoms with Crippen molar-refractivity contribution in [3.63, 3.8) is 0 Å². The van der Waals surface area contributed by atoms with Gasteiger partial charge in [0, 0.05) is 18.8 Å². The fourth-order valence-corrected chi connectivity index (χ4v) is 2.10. The summed E-state index contributed by atoms with van der Waals surface area (Å²) >= 11 is 1.40. The van der Waals surface area contributed by atoms with Crippen LogP contribution in [0.5, 0.6) is 0 Å². The van der Waals surface area contributed by atoms with Crippen LogP contribution in [-0.4, -0.2) is 16.4 Å². The minimum atomic E-state index is 0.573. The summed E-state index contributed by atoms with van der Waals surface area (Å²) in [5, 5.41) is 1.06. The lowest BCUT2D eigenvalue weighted by Crippen LogP contribution is -2.16. The van der Waals surface area contributed by atoms with Crippen LogP contribution >= 0.6 is 11.5 Å². The van der Waals surface area contributed by atoms with Gasteiger partial charge in [0.05, 0.1) is 12.2 Å². The molecule has 2 rings (SSSR count). The van der Waals surface area contributed by atoms with Gasteiger partial charge in [-0.15, -0.1) is 0 Å². The second-order valence-electron chi connectivity index (χ2n) is 3.72. The molecule has 0 aliphatic carbocycles. The predicted molar refractivity (Wildman–Crippen MR) is 67.6 cm³/mol. The van der Waals surface area contributed by atoms with Gasteiger partial charge in [0.25, 0.3) is 0 Å². The highest BCUT2D eigenvalue weighted by atomic mass is 32.1. The lowest BCUT2D eigenvalue weighted by molar-refractivity contribution is 0.885. The van der Waals surface area contributed by atoms with E-state index in [-0.39, 0.29) is 0 Å². The number of aryl methyl sites for hydroxylation is 1. The molecule has 0 saturated heterocycles. The molecule has 5 heteroatoms. The summed E-state index contributed by atoms with van der Waals surface area (Å²) in [7, 11) is 2.01. The van der Waals surface area contributed by atoms with E-state index in [2.05, 4.69) is 14.3 Å². The van der Waals surface area contributed by atoms with Crippen molar-refractivity contribution in [3.05, 3.63) is 35.7 Å². The molecule has 0 aromatic carbocycles. The van der Waals surface area contributed by atoms with E-state index in [0.29, 0.717) is 5.82 Å². The Hall–Kier alpha value is -1.62. The molecule has 2 aromatic heterocycles. The quantitative estimate of drug-likeness (QED) is 0.883. The van der Waals surface area contributed by atoms with Gasteiger partial charge in [0.2, 0.25) is 0 Å². The average molecular weight is 234 g/mol. The summed E-state index contributed by atoms with van der Waals surface area (Å²) in [6.07, 6.45) is 0. The number of pyridine rings is 1. The molecule has 2 N–H and O–H groups in total. The van der Waals surface area contributed by atoms with Crippen molar-refractivity contribution in [3.8, 4) is 0 Å². The Labute approximate surface area is 98.9 Å². The third-order valence-electron chi connectivity index (χ3n) is 2.24. The smallest absolute Gasteiger partial charge is 0.139 e. The summed E-state index contributed by atoms with van der Waals surface area (Å²) in [4.78, 5) is 6.55. The summed E-state index contributed by atoms with van der Waals surface area (Å²) in [6.45, 7) is 2.76. The first-order valence-electron chi connectivity index (χ1n) is 5.01. The summed E-state index contributed by atoms with van der Waals surface area (Å²) < 4.78 is 4.05. The average Bonchev–Trinajstić information content (AvgIpc) is 2.65. The van der Waals surface area contributed by atoms with Gasteiger partial charge < -0.3 is 10.6 Å². The first-order valence-corrected chi connectivity index (χ1v) is 5.78. The molecule has 0 aliphatic heterocycles. The molecule has 0 aliphatic rings. The molecule has 2 aromatic rings. The zero-order chi connectivity index (χ0) is 11.5. The van der Waals surface area contributed by atoms with Crippen molar-refractivity contribution < 1.29 is 0 Å². The molecule has 0 spiro atoms. The lowest BCUT2D eigenvalue weighted by Gasteiger charge is -2.15. The first kappa shape index (κ1) is 10.9. The van der Waals surface area contributed by atoms with E-state index in [9.17, 15) is 0 Å². The molecule has 0 unspecified atom stereocenters. The Kier molecular flexibility index (Phi) is 3.05. The molecule has 0 radical (unpaired) electrons. The van der Waals surface area contributed by atoms with Gasteiger partial charge in [-0.05, 0) is 30.6 Å². The van der Waals surface area contributed by atoms with E-state index >= 15 is 0 Å². The molecule has 0 atom stereocenters. The minimum absolute atomic E-state index is 0.573. The largest absolute Gasteiger partial charge is 0.383 e. The van der Waals surface area contributed by atoms with E-state index in [1.807, 2.05) is 38.2 Å². The minimum Gasteiger partial charge on any atom is -0.383 e. The Bertz CT molecular complexity index is 480. The number of hydrogen-bond acceptors (Lipinski definition) is 5. The second kappa shape index (κ2) is 4.49. The normalized spacial score (nSPS) is 10.4. The highest BCUT2D eigenvalue weighted by Gasteiger charge is 2.06. The van der Waals surface area contributed by atoms with E-state index in [1.54, 1.807) is 0 Å². The molecule has 2 heterocycles. The number of nitrogens with zero attached hydrogens (tertiary/aromatic N) is 3. The number of rotatable bonds is 3. The van der Waals surface area contributed by atoms with E-state index in [1.165, 1.54) is 11.5 Å². The molecular weight excluding hydrogens is 220 g/mol. The number of hydrogen-bond donors (Lipinski definition) is 1. The third-order valence-corrected chi connectivity index (χ3v) is 3.16. The Morgan fingerprint density at radius 2 is 2.25 bits per heavy atom. The molecule has 4 nitrogen and oxygen atoms in total. The van der Waals surface area contributed by atoms with Crippen LogP contribution in [0.4, 0.5) is 10.8 Å². The topological polar surface area (TPSA) is 55.0 Å². The zero-order valence-corrected chi connectivity index (χ0v) is 10.2. The van der Waals surface area contributed by atoms with Crippen molar-refractivity contribution in [2.24, 2.45) is 0 Å². The van der Waals surface area contributed by atoms with Gasteiger partial charge in [-0.2, -0.15) is 4.37 Å². The standard InChI is InChI=1S/C11H14N4S/c1-8-4-3-5-9(13-8)7-15(2)11-6-10(12)14-16-11/h3-6H,7H2,1-2H3,(H2,12,14). The third kappa shape index (κ3) is 2.49. The summed E-state index contributed by atoms with van der Waals surface area (Å²) in [5.41, 5.74) is 7.68. The molecule has 84 valence electrons. The molecule has 0 amide bonds. The second-order valence-corrected chi connectivity index (χ2v) is 4.50. The number of anilines is 2. The van der Waals surface area contributed by atoms with Crippen molar-refractivity contribution in [2.45, 2.75) is 13.5 Å². The molecular formula is C11H14N4S. The first-order chi connectivity index (χ1) is 7.65. The van der Waals surface area contributed by atoms with E-state index in [4.69, 9.17) is 5.73 Å². The highest BCUT2D eigenvalue weighted by Crippen LogP contribution is 2.22. The maximum atomic E-state index is 5.59. The predicted octanol–water partition coefficient (Wildman–Crippen LogP) is 2.07. The Morgan fingerprint density at radius 1 is 1.44 bits per heavy atom. The fraction of sp³-hybridized carbons (Fsp3) is 0.273. The molecule has 0 fully saturated rings. The summed E-state index contributed by atoms with van der Waals surface area (Å²) in [5.74, 6) is 0.573. The van der Waals surface area contributed by atoms with E-state index < -0.39 is 0 Å². The van der Waals surface area contributed by atoms with Crippen molar-refractivity contribution in [1.82, 2.24) is 9.36 Å². The van der Waals surface area contributed by atoms with E-state index in [0.717, 1.165) is 22.9 Å². The monoisotopic (exact) mass is 234 g/mol. The number of nitrogen functional groups attached to an aromatic ring is 1. The Morgan fingerprint density at radius 3 is 2.88 bits per heavy atom. The van der Waals surface area contributed by atoms with Crippen LogP contribution in [0.3, 0.4) is 0 Å². The van der Waals surface area contributed by atoms with Crippen LogP contribution in [0.2, 0.25) is 0 Å². The van der Waals surface area contributed by atoms with Gasteiger partial charge in [-0.25, -0.2) is 0 Å². The van der Waals surface area contributed by atoms with Crippen LogP contribution in [0.1, 0.15) is 11.4 Å². The van der Waals surface area contributed by atoms with Crippen LogP contribution in [0.15, 0.2) is 24.3 Å². The maximum Gasteiger partial charge on any atom is 0.139 e. The van der Waals surface area contributed by atoms with Gasteiger partial charge >= 0.3 is 0 Å². The number of aromatic nitrogens is 2. The van der Waals surface area contributed by atoms with Gasteiger partial charge in [-0.3, -0.25) is 4.98 Å². The molecule has 16 heavy (non-hydrogen) atoms. The van der Waals surface area contributed by atoms with Crippen molar-refractivity contribution in [1.29, 1.82) is 0 Å². The van der Waals surface area contributed by atoms with Crippen LogP contribution in [0.25, 0.3) is 0 Å². The highest BCUT2D eigenvalue weighted by molar-refractivity contribution is 7.10. The lowest BCUT2D eigenvalue weighted by atomic mass is 10.3. The summed E-state index contributed by atoms with van der Waals surface area (Å²) in [6, 6.07) is 7.91. The van der Waals surface area contributed by atoms with Crippen LogP contribution in [0, 0.1) is 6.92 Å². The van der Waals surface area contributed by atoms with Gasteiger partial charge in [-0.1, -0.05) is 6.07 Å². The fourth-order valence-electron chi connectivity index (χ4n) is 1.47. The van der Waals surface area contributed by atoms with Crippen molar-refractivity contribution >= 4 is 22.4 Å². The van der Waals surface area contributed by atoms with Crippen molar-refractivity contribution in [2.75, 3.05) is 17.7 Å². The number of nitrogens with two attached hydrogens (primary N) is 1. The molecule has 0 bridgehead atoms. The van der Waals surface area contributed by atoms with Crippen LogP contribution in [-0.2, 0) is 6.54 Å². The maximum absolute atomic E-state index is 5.59.